The lowest BCUT2D eigenvalue weighted by molar-refractivity contribution is -0.0192. The monoisotopic (exact) mass is 313 g/mol. The molecule has 0 aliphatic carbocycles. The minimum absolute atomic E-state index is 0.164. The zero-order chi connectivity index (χ0) is 15.1. The number of ether oxygens (including phenoxy) is 1. The molecule has 6 nitrogen and oxygen atoms in total. The molecule has 2 rings (SSSR count). The standard InChI is InChI=1S/C14H24ClN5O/c1-3-5-16-14-18-9-12(15)13(19-14)17-8-11-10-20(4-2)6-7-21-11/h9,11H,3-8,10H2,1-2H3,(H2,16,17,18,19). The van der Waals surface area contributed by atoms with Crippen molar-refractivity contribution in [1.29, 1.82) is 0 Å². The van der Waals surface area contributed by atoms with Gasteiger partial charge in [-0.2, -0.15) is 4.98 Å². The summed E-state index contributed by atoms with van der Waals surface area (Å²) in [5, 5.41) is 6.95. The lowest BCUT2D eigenvalue weighted by atomic mass is 10.2. The molecule has 7 heteroatoms. The van der Waals surface area contributed by atoms with Crippen molar-refractivity contribution in [3.05, 3.63) is 11.2 Å². The smallest absolute Gasteiger partial charge is 0.224 e. The van der Waals surface area contributed by atoms with Crippen molar-refractivity contribution in [3.63, 3.8) is 0 Å². The van der Waals surface area contributed by atoms with Crippen LogP contribution in [-0.4, -0.2) is 60.3 Å². The Morgan fingerprint density at radius 2 is 2.29 bits per heavy atom. The molecule has 2 heterocycles. The second-order valence-electron chi connectivity index (χ2n) is 5.08. The molecule has 2 N–H and O–H groups in total. The Labute approximate surface area is 131 Å². The van der Waals surface area contributed by atoms with Gasteiger partial charge in [-0.15, -0.1) is 0 Å². The predicted molar refractivity (Wildman–Crippen MR) is 86.2 cm³/mol. The van der Waals surface area contributed by atoms with E-state index in [0.717, 1.165) is 39.2 Å². The summed E-state index contributed by atoms with van der Waals surface area (Å²) in [5.41, 5.74) is 0. The van der Waals surface area contributed by atoms with Crippen LogP contribution in [0.15, 0.2) is 6.20 Å². The number of rotatable bonds is 7. The summed E-state index contributed by atoms with van der Waals surface area (Å²) in [6.45, 7) is 9.59. The largest absolute Gasteiger partial charge is 0.374 e. The van der Waals surface area contributed by atoms with E-state index in [2.05, 4.69) is 39.3 Å². The molecule has 21 heavy (non-hydrogen) atoms. The van der Waals surface area contributed by atoms with Gasteiger partial charge in [0.25, 0.3) is 0 Å². The van der Waals surface area contributed by atoms with E-state index in [1.807, 2.05) is 0 Å². The fourth-order valence-corrected chi connectivity index (χ4v) is 2.37. The third-order valence-electron chi connectivity index (χ3n) is 3.44. The molecule has 0 saturated carbocycles. The first-order valence-corrected chi connectivity index (χ1v) is 7.95. The Morgan fingerprint density at radius 3 is 3.05 bits per heavy atom. The van der Waals surface area contributed by atoms with E-state index in [-0.39, 0.29) is 6.10 Å². The Balaban J connectivity index is 1.89. The molecule has 1 atom stereocenters. The molecule has 1 fully saturated rings. The van der Waals surface area contributed by atoms with E-state index >= 15 is 0 Å². The first-order chi connectivity index (χ1) is 10.2. The molecule has 0 amide bonds. The summed E-state index contributed by atoms with van der Waals surface area (Å²) in [5.74, 6) is 1.26. The Kier molecular flexibility index (Phi) is 6.48. The van der Waals surface area contributed by atoms with Gasteiger partial charge in [-0.1, -0.05) is 25.4 Å². The van der Waals surface area contributed by atoms with Crippen molar-refractivity contribution in [2.24, 2.45) is 0 Å². The molecule has 0 bridgehead atoms. The molecule has 1 aromatic heterocycles. The average molecular weight is 314 g/mol. The Bertz CT molecular complexity index is 445. The van der Waals surface area contributed by atoms with Gasteiger partial charge in [-0.25, -0.2) is 4.98 Å². The molecular formula is C14H24ClN5O. The summed E-state index contributed by atoms with van der Waals surface area (Å²) in [6, 6.07) is 0. The van der Waals surface area contributed by atoms with E-state index in [1.54, 1.807) is 6.20 Å². The van der Waals surface area contributed by atoms with Crippen LogP contribution in [0.1, 0.15) is 20.3 Å². The van der Waals surface area contributed by atoms with Gasteiger partial charge < -0.3 is 15.4 Å². The first kappa shape index (κ1) is 16.3. The highest BCUT2D eigenvalue weighted by Gasteiger charge is 2.19. The van der Waals surface area contributed by atoms with Crippen LogP contribution in [0.25, 0.3) is 0 Å². The summed E-state index contributed by atoms with van der Waals surface area (Å²) in [6.07, 6.45) is 2.81. The van der Waals surface area contributed by atoms with Crippen molar-refractivity contribution < 1.29 is 4.74 Å². The summed E-state index contributed by atoms with van der Waals surface area (Å²) < 4.78 is 5.76. The molecule has 118 valence electrons. The van der Waals surface area contributed by atoms with Gasteiger partial charge in [-0.05, 0) is 13.0 Å². The molecule has 1 aliphatic rings. The third-order valence-corrected chi connectivity index (χ3v) is 3.72. The van der Waals surface area contributed by atoms with Crippen molar-refractivity contribution in [2.45, 2.75) is 26.4 Å². The van der Waals surface area contributed by atoms with Gasteiger partial charge in [0.05, 0.1) is 18.9 Å². The van der Waals surface area contributed by atoms with Crippen molar-refractivity contribution in [1.82, 2.24) is 14.9 Å². The average Bonchev–Trinajstić information content (AvgIpc) is 2.53. The zero-order valence-corrected chi connectivity index (χ0v) is 13.5. The number of morpholine rings is 1. The summed E-state index contributed by atoms with van der Waals surface area (Å²) in [7, 11) is 0. The number of halogens is 1. The van der Waals surface area contributed by atoms with Crippen LogP contribution in [0.3, 0.4) is 0 Å². The first-order valence-electron chi connectivity index (χ1n) is 7.57. The second kappa shape index (κ2) is 8.36. The van der Waals surface area contributed by atoms with Crippen LogP contribution in [-0.2, 0) is 4.74 Å². The van der Waals surface area contributed by atoms with Crippen molar-refractivity contribution in [3.8, 4) is 0 Å². The Hall–Kier alpha value is -1.11. The van der Waals surface area contributed by atoms with Gasteiger partial charge in [0.1, 0.15) is 5.02 Å². The molecular weight excluding hydrogens is 290 g/mol. The summed E-state index contributed by atoms with van der Waals surface area (Å²) >= 11 is 6.14. The minimum atomic E-state index is 0.164. The number of hydrogen-bond donors (Lipinski definition) is 2. The number of nitrogens with zero attached hydrogens (tertiary/aromatic N) is 3. The summed E-state index contributed by atoms with van der Waals surface area (Å²) in [4.78, 5) is 10.9. The normalized spacial score (nSPS) is 19.5. The molecule has 1 unspecified atom stereocenters. The van der Waals surface area contributed by atoms with E-state index in [9.17, 15) is 0 Å². The van der Waals surface area contributed by atoms with Crippen molar-refractivity contribution in [2.75, 3.05) is 50.0 Å². The van der Waals surface area contributed by atoms with E-state index in [4.69, 9.17) is 16.3 Å². The van der Waals surface area contributed by atoms with E-state index < -0.39 is 0 Å². The Morgan fingerprint density at radius 1 is 1.43 bits per heavy atom. The van der Waals surface area contributed by atoms with Gasteiger partial charge in [0.15, 0.2) is 5.82 Å². The molecule has 1 aliphatic heterocycles. The molecule has 0 radical (unpaired) electrons. The van der Waals surface area contributed by atoms with Crippen LogP contribution in [0, 0.1) is 0 Å². The maximum Gasteiger partial charge on any atom is 0.224 e. The van der Waals surface area contributed by atoms with E-state index in [1.165, 1.54) is 0 Å². The van der Waals surface area contributed by atoms with E-state index in [0.29, 0.717) is 23.3 Å². The highest BCUT2D eigenvalue weighted by molar-refractivity contribution is 6.32. The molecule has 0 aromatic carbocycles. The fourth-order valence-electron chi connectivity index (χ4n) is 2.21. The third kappa shape index (κ3) is 4.98. The second-order valence-corrected chi connectivity index (χ2v) is 5.49. The highest BCUT2D eigenvalue weighted by atomic mass is 35.5. The fraction of sp³-hybridized carbons (Fsp3) is 0.714. The van der Waals surface area contributed by atoms with Gasteiger partial charge in [-0.3, -0.25) is 4.90 Å². The zero-order valence-electron chi connectivity index (χ0n) is 12.7. The molecule has 0 spiro atoms. The van der Waals surface area contributed by atoms with Crippen LogP contribution in [0.5, 0.6) is 0 Å². The quantitative estimate of drug-likeness (QED) is 0.803. The predicted octanol–water partition coefficient (Wildman–Crippen LogP) is 2.08. The van der Waals surface area contributed by atoms with Gasteiger partial charge in [0, 0.05) is 26.2 Å². The van der Waals surface area contributed by atoms with Crippen molar-refractivity contribution >= 4 is 23.4 Å². The molecule has 1 aromatic rings. The molecule has 1 saturated heterocycles. The SMILES string of the molecule is CCCNc1ncc(Cl)c(NCC2CN(CC)CCO2)n1. The number of likely N-dealkylation sites (N-methyl/N-ethyl adjacent to an activating group) is 1. The lowest BCUT2D eigenvalue weighted by Crippen LogP contribution is -2.45. The van der Waals surface area contributed by atoms with Crippen LogP contribution < -0.4 is 10.6 Å². The van der Waals surface area contributed by atoms with Crippen LogP contribution in [0.2, 0.25) is 5.02 Å². The number of anilines is 2. The minimum Gasteiger partial charge on any atom is -0.374 e. The lowest BCUT2D eigenvalue weighted by Gasteiger charge is -2.32. The van der Waals surface area contributed by atoms with Gasteiger partial charge >= 0.3 is 0 Å². The highest BCUT2D eigenvalue weighted by Crippen LogP contribution is 2.19. The van der Waals surface area contributed by atoms with Crippen LogP contribution >= 0.6 is 11.6 Å². The maximum atomic E-state index is 6.14. The number of nitrogens with one attached hydrogen (secondary N) is 2. The number of hydrogen-bond acceptors (Lipinski definition) is 6. The van der Waals surface area contributed by atoms with Gasteiger partial charge in [0.2, 0.25) is 5.95 Å². The topological polar surface area (TPSA) is 62.3 Å². The van der Waals surface area contributed by atoms with Crippen LogP contribution in [0.4, 0.5) is 11.8 Å². The number of aromatic nitrogens is 2. The maximum absolute atomic E-state index is 6.14.